The van der Waals surface area contributed by atoms with E-state index in [1.54, 1.807) is 0 Å². The van der Waals surface area contributed by atoms with Crippen molar-refractivity contribution in [3.8, 4) is 12.1 Å². The van der Waals surface area contributed by atoms with Gasteiger partial charge in [-0.1, -0.05) is 90.0 Å². The van der Waals surface area contributed by atoms with Gasteiger partial charge < -0.3 is 0 Å². The predicted molar refractivity (Wildman–Crippen MR) is 121 cm³/mol. The van der Waals surface area contributed by atoms with Gasteiger partial charge in [0.1, 0.15) is 5.41 Å². The number of benzene rings is 2. The SMILES string of the molecule is CC1=CCC2=C3[C@]14C(c1ccccc1)C[C@@]4(C#N)C=C[C@]3(C#N)C(c1ccccc1)C2. The summed E-state index contributed by atoms with van der Waals surface area (Å²) >= 11 is 0. The van der Waals surface area contributed by atoms with Crippen molar-refractivity contribution in [3.05, 3.63) is 107 Å². The first-order chi connectivity index (χ1) is 15.1. The van der Waals surface area contributed by atoms with E-state index in [-0.39, 0.29) is 11.8 Å². The van der Waals surface area contributed by atoms with E-state index in [4.69, 9.17) is 0 Å². The van der Waals surface area contributed by atoms with Crippen LogP contribution in [0.25, 0.3) is 0 Å². The zero-order valence-corrected chi connectivity index (χ0v) is 17.7. The number of allylic oxidation sites excluding steroid dienone is 6. The summed E-state index contributed by atoms with van der Waals surface area (Å²) in [4.78, 5) is 0. The fourth-order valence-corrected chi connectivity index (χ4v) is 7.38. The molecule has 1 saturated carbocycles. The molecule has 1 spiro atoms. The molecule has 2 aromatic carbocycles. The maximum atomic E-state index is 10.7. The molecule has 0 saturated heterocycles. The van der Waals surface area contributed by atoms with E-state index < -0.39 is 16.2 Å². The summed E-state index contributed by atoms with van der Waals surface area (Å²) in [5.41, 5.74) is 4.74. The van der Waals surface area contributed by atoms with E-state index in [0.29, 0.717) is 0 Å². The van der Waals surface area contributed by atoms with Crippen LogP contribution in [-0.2, 0) is 0 Å². The lowest BCUT2D eigenvalue weighted by atomic mass is 9.33. The quantitative estimate of drug-likeness (QED) is 0.534. The Kier molecular flexibility index (Phi) is 3.62. The highest BCUT2D eigenvalue weighted by molar-refractivity contribution is 5.66. The van der Waals surface area contributed by atoms with Crippen molar-refractivity contribution in [2.45, 2.75) is 38.0 Å². The van der Waals surface area contributed by atoms with Gasteiger partial charge in [-0.15, -0.1) is 0 Å². The van der Waals surface area contributed by atoms with Gasteiger partial charge in [-0.05, 0) is 42.9 Å². The van der Waals surface area contributed by atoms with Crippen molar-refractivity contribution in [2.24, 2.45) is 16.2 Å². The van der Waals surface area contributed by atoms with Crippen LogP contribution in [0.5, 0.6) is 0 Å². The third-order valence-electron chi connectivity index (χ3n) is 8.61. The molecule has 0 N–H and O–H groups in total. The van der Waals surface area contributed by atoms with Gasteiger partial charge in [-0.3, -0.25) is 0 Å². The van der Waals surface area contributed by atoms with Gasteiger partial charge in [0.2, 0.25) is 0 Å². The Hall–Kier alpha value is -3.36. The highest BCUT2D eigenvalue weighted by Crippen LogP contribution is 2.80. The Balaban J connectivity index is 1.64. The zero-order valence-electron chi connectivity index (χ0n) is 17.7. The summed E-state index contributed by atoms with van der Waals surface area (Å²) in [7, 11) is 0. The predicted octanol–water partition coefficient (Wildman–Crippen LogP) is 6.58. The number of nitrogens with zero attached hydrogens (tertiary/aromatic N) is 2. The zero-order chi connectivity index (χ0) is 21.3. The second-order valence-corrected chi connectivity index (χ2v) is 9.61. The van der Waals surface area contributed by atoms with Crippen molar-refractivity contribution in [2.75, 3.05) is 0 Å². The molecule has 0 aromatic heterocycles. The maximum absolute atomic E-state index is 10.7. The summed E-state index contributed by atoms with van der Waals surface area (Å²) in [5, 5.41) is 21.2. The molecular weight excluding hydrogens is 376 g/mol. The number of nitriles is 2. The molecule has 0 heterocycles. The van der Waals surface area contributed by atoms with Crippen molar-refractivity contribution in [1.29, 1.82) is 10.5 Å². The fraction of sp³-hybridized carbons (Fsp3) is 0.310. The van der Waals surface area contributed by atoms with Gasteiger partial charge in [0.05, 0.1) is 17.6 Å². The smallest absolute Gasteiger partial charge is 0.105 e. The molecule has 2 nitrogen and oxygen atoms in total. The minimum Gasteiger partial charge on any atom is -0.197 e. The van der Waals surface area contributed by atoms with E-state index in [2.05, 4.69) is 85.8 Å². The molecule has 0 aliphatic heterocycles. The van der Waals surface area contributed by atoms with Gasteiger partial charge in [0.25, 0.3) is 0 Å². The van der Waals surface area contributed by atoms with Crippen LogP contribution in [0.1, 0.15) is 49.1 Å². The molecular formula is C29H24N2. The Labute approximate surface area is 183 Å². The standard InChI is InChI=1S/C29H24N2/c1-20-12-13-23-16-24(21-8-4-2-5-9-21)28(19-31)15-14-27(18-30)17-25(29(20,27)26(23)28)22-10-6-3-7-11-22/h2-12,14-15,24-25H,13,16-17H2,1H3/t24?,25?,27-,28+,29-/m1/s1. The second-order valence-electron chi connectivity index (χ2n) is 9.61. The first kappa shape index (κ1) is 18.4. The lowest BCUT2D eigenvalue weighted by molar-refractivity contribution is 0.0220. The lowest BCUT2D eigenvalue weighted by Gasteiger charge is -2.67. The molecule has 150 valence electrons. The van der Waals surface area contributed by atoms with Crippen LogP contribution in [0.15, 0.2) is 95.6 Å². The minimum absolute atomic E-state index is 0.102. The summed E-state index contributed by atoms with van der Waals surface area (Å²) in [5.74, 6) is 0.326. The van der Waals surface area contributed by atoms with Crippen LogP contribution in [0.2, 0.25) is 0 Å². The second kappa shape index (κ2) is 6.09. The Morgan fingerprint density at radius 3 is 2.10 bits per heavy atom. The van der Waals surface area contributed by atoms with Gasteiger partial charge in [0.15, 0.2) is 0 Å². The van der Waals surface area contributed by atoms with E-state index in [9.17, 15) is 10.5 Å². The highest BCUT2D eigenvalue weighted by atomic mass is 14.8. The van der Waals surface area contributed by atoms with Gasteiger partial charge in [-0.25, -0.2) is 0 Å². The molecule has 0 radical (unpaired) electrons. The first-order valence-electron chi connectivity index (χ1n) is 11.2. The average molecular weight is 401 g/mol. The normalized spacial score (nSPS) is 37.1. The number of rotatable bonds is 2. The Morgan fingerprint density at radius 2 is 1.48 bits per heavy atom. The van der Waals surface area contributed by atoms with Crippen LogP contribution in [-0.4, -0.2) is 0 Å². The third-order valence-corrected chi connectivity index (χ3v) is 8.61. The van der Waals surface area contributed by atoms with E-state index in [0.717, 1.165) is 19.3 Å². The average Bonchev–Trinajstić information content (AvgIpc) is 3.15. The summed E-state index contributed by atoms with van der Waals surface area (Å²) in [6.07, 6.45) is 9.16. The van der Waals surface area contributed by atoms with E-state index >= 15 is 0 Å². The Morgan fingerprint density at radius 1 is 0.839 bits per heavy atom. The van der Waals surface area contributed by atoms with Crippen molar-refractivity contribution < 1.29 is 0 Å². The summed E-state index contributed by atoms with van der Waals surface area (Å²) in [6, 6.07) is 26.6. The van der Waals surface area contributed by atoms with Crippen LogP contribution in [0.3, 0.4) is 0 Å². The number of hydrogen-bond donors (Lipinski definition) is 0. The monoisotopic (exact) mass is 400 g/mol. The van der Waals surface area contributed by atoms with Crippen LogP contribution in [0, 0.1) is 38.9 Å². The molecule has 6 rings (SSSR count). The van der Waals surface area contributed by atoms with E-state index in [1.807, 2.05) is 12.1 Å². The molecule has 31 heavy (non-hydrogen) atoms. The molecule has 4 aliphatic rings. The molecule has 4 aliphatic carbocycles. The minimum atomic E-state index is -0.681. The van der Waals surface area contributed by atoms with Crippen molar-refractivity contribution in [1.82, 2.24) is 0 Å². The first-order valence-corrected chi connectivity index (χ1v) is 11.2. The highest BCUT2D eigenvalue weighted by Gasteiger charge is 2.74. The van der Waals surface area contributed by atoms with Gasteiger partial charge >= 0.3 is 0 Å². The lowest BCUT2D eigenvalue weighted by Crippen LogP contribution is -2.62. The molecule has 2 aromatic rings. The van der Waals surface area contributed by atoms with Gasteiger partial charge in [0, 0.05) is 17.3 Å². The molecule has 1 fully saturated rings. The van der Waals surface area contributed by atoms with Crippen LogP contribution < -0.4 is 0 Å². The third kappa shape index (κ3) is 1.97. The maximum Gasteiger partial charge on any atom is 0.105 e. The molecule has 2 unspecified atom stereocenters. The van der Waals surface area contributed by atoms with Crippen molar-refractivity contribution >= 4 is 0 Å². The van der Waals surface area contributed by atoms with Crippen molar-refractivity contribution in [3.63, 3.8) is 0 Å². The summed E-state index contributed by atoms with van der Waals surface area (Å²) in [6.45, 7) is 2.20. The topological polar surface area (TPSA) is 47.6 Å². The molecule has 2 heteroatoms. The van der Waals surface area contributed by atoms with E-state index in [1.165, 1.54) is 27.8 Å². The summed E-state index contributed by atoms with van der Waals surface area (Å²) < 4.78 is 0. The molecule has 0 bridgehead atoms. The number of hydrogen-bond acceptors (Lipinski definition) is 2. The molecule has 5 atom stereocenters. The van der Waals surface area contributed by atoms with Crippen LogP contribution >= 0.6 is 0 Å². The molecule has 0 amide bonds. The van der Waals surface area contributed by atoms with Crippen LogP contribution in [0.4, 0.5) is 0 Å². The Bertz CT molecular complexity index is 1250. The fourth-order valence-electron chi connectivity index (χ4n) is 7.38. The van der Waals surface area contributed by atoms with Gasteiger partial charge in [-0.2, -0.15) is 10.5 Å². The largest absolute Gasteiger partial charge is 0.197 e.